The highest BCUT2D eigenvalue weighted by Crippen LogP contribution is 2.19. The molecule has 1 saturated heterocycles. The average Bonchev–Trinajstić information content (AvgIpc) is 2.74. The van der Waals surface area contributed by atoms with Crippen LogP contribution in [-0.2, 0) is 19.1 Å². The van der Waals surface area contributed by atoms with E-state index < -0.39 is 18.0 Å². The topological polar surface area (TPSA) is 87.8 Å². The monoisotopic (exact) mass is 251 g/mol. The number of rotatable bonds is 4. The van der Waals surface area contributed by atoms with Gasteiger partial charge in [-0.3, -0.25) is 0 Å². The standard InChI is InChI=1S/C12H13NO5/c13-8-3-1-2-4-9(8)17-7-11(14)18-10-5-6-16-12(10)15/h1-4,10H,5-7,13H2. The van der Waals surface area contributed by atoms with Crippen LogP contribution in [0.2, 0.25) is 0 Å². The summed E-state index contributed by atoms with van der Waals surface area (Å²) in [4.78, 5) is 22.5. The van der Waals surface area contributed by atoms with Crippen molar-refractivity contribution in [3.8, 4) is 5.75 Å². The lowest BCUT2D eigenvalue weighted by molar-refractivity contribution is -0.161. The molecule has 1 aliphatic rings. The van der Waals surface area contributed by atoms with Gasteiger partial charge in [-0.1, -0.05) is 12.1 Å². The van der Waals surface area contributed by atoms with E-state index in [-0.39, 0.29) is 13.2 Å². The highest BCUT2D eigenvalue weighted by atomic mass is 16.6. The normalized spacial score (nSPS) is 18.2. The fraction of sp³-hybridized carbons (Fsp3) is 0.333. The quantitative estimate of drug-likeness (QED) is 0.619. The number of para-hydroxylation sites is 2. The summed E-state index contributed by atoms with van der Waals surface area (Å²) in [6, 6.07) is 6.81. The molecule has 0 spiro atoms. The van der Waals surface area contributed by atoms with Gasteiger partial charge in [-0.05, 0) is 12.1 Å². The molecule has 6 heteroatoms. The van der Waals surface area contributed by atoms with Gasteiger partial charge in [0.05, 0.1) is 12.3 Å². The molecular weight excluding hydrogens is 238 g/mol. The van der Waals surface area contributed by atoms with Crippen molar-refractivity contribution in [3.63, 3.8) is 0 Å². The molecule has 0 bridgehead atoms. The number of ether oxygens (including phenoxy) is 3. The Morgan fingerprint density at radius 2 is 2.22 bits per heavy atom. The summed E-state index contributed by atoms with van der Waals surface area (Å²) in [6.45, 7) is -0.0126. The number of esters is 2. The van der Waals surface area contributed by atoms with Gasteiger partial charge in [0.1, 0.15) is 5.75 Å². The van der Waals surface area contributed by atoms with Gasteiger partial charge in [-0.25, -0.2) is 9.59 Å². The number of benzene rings is 1. The minimum atomic E-state index is -0.811. The van der Waals surface area contributed by atoms with Crippen LogP contribution in [0, 0.1) is 0 Å². The Balaban J connectivity index is 1.82. The first-order chi connectivity index (χ1) is 8.66. The minimum Gasteiger partial charge on any atom is -0.480 e. The van der Waals surface area contributed by atoms with Gasteiger partial charge in [0.2, 0.25) is 6.10 Å². The van der Waals surface area contributed by atoms with Crippen LogP contribution >= 0.6 is 0 Å². The Hall–Kier alpha value is -2.24. The predicted octanol–water partition coefficient (Wildman–Crippen LogP) is 0.506. The molecule has 0 amide bonds. The number of anilines is 1. The molecule has 2 rings (SSSR count). The Morgan fingerprint density at radius 3 is 2.89 bits per heavy atom. The molecule has 0 saturated carbocycles. The smallest absolute Gasteiger partial charge is 0.347 e. The third kappa shape index (κ3) is 2.91. The van der Waals surface area contributed by atoms with Crippen molar-refractivity contribution < 1.29 is 23.8 Å². The van der Waals surface area contributed by atoms with E-state index >= 15 is 0 Å². The number of carbonyl (C=O) groups is 2. The van der Waals surface area contributed by atoms with Crippen LogP contribution in [0.4, 0.5) is 5.69 Å². The molecule has 1 heterocycles. The van der Waals surface area contributed by atoms with Crippen LogP contribution in [-0.4, -0.2) is 31.3 Å². The molecule has 2 N–H and O–H groups in total. The molecule has 0 aromatic heterocycles. The van der Waals surface area contributed by atoms with E-state index in [1.165, 1.54) is 0 Å². The van der Waals surface area contributed by atoms with Crippen molar-refractivity contribution in [3.05, 3.63) is 24.3 Å². The predicted molar refractivity (Wildman–Crippen MR) is 61.8 cm³/mol. The zero-order chi connectivity index (χ0) is 13.0. The van der Waals surface area contributed by atoms with E-state index in [1.807, 2.05) is 0 Å². The first kappa shape index (κ1) is 12.2. The fourth-order valence-electron chi connectivity index (χ4n) is 1.53. The summed E-state index contributed by atoms with van der Waals surface area (Å²) < 4.78 is 14.8. The van der Waals surface area contributed by atoms with Crippen molar-refractivity contribution in [2.45, 2.75) is 12.5 Å². The number of nitrogens with two attached hydrogens (primary N) is 1. The van der Waals surface area contributed by atoms with Crippen molar-refractivity contribution in [2.24, 2.45) is 0 Å². The number of hydrogen-bond donors (Lipinski definition) is 1. The van der Waals surface area contributed by atoms with E-state index in [0.29, 0.717) is 17.9 Å². The van der Waals surface area contributed by atoms with Crippen LogP contribution in [0.5, 0.6) is 5.75 Å². The molecule has 1 fully saturated rings. The van der Waals surface area contributed by atoms with Crippen LogP contribution in [0.3, 0.4) is 0 Å². The Kier molecular flexibility index (Phi) is 3.66. The number of cyclic esters (lactones) is 1. The molecule has 1 aromatic rings. The number of nitrogen functional groups attached to an aromatic ring is 1. The maximum Gasteiger partial charge on any atom is 0.347 e. The summed E-state index contributed by atoms with van der Waals surface area (Å²) in [6.07, 6.45) is -0.424. The number of carbonyl (C=O) groups excluding carboxylic acids is 2. The maximum atomic E-state index is 11.4. The Labute approximate surface area is 104 Å². The molecular formula is C12H13NO5. The van der Waals surface area contributed by atoms with E-state index in [9.17, 15) is 9.59 Å². The zero-order valence-electron chi connectivity index (χ0n) is 9.63. The van der Waals surface area contributed by atoms with E-state index in [1.54, 1.807) is 24.3 Å². The van der Waals surface area contributed by atoms with Gasteiger partial charge in [0.15, 0.2) is 6.61 Å². The van der Waals surface area contributed by atoms with Gasteiger partial charge in [0.25, 0.3) is 0 Å². The summed E-state index contributed by atoms with van der Waals surface area (Å²) >= 11 is 0. The summed E-state index contributed by atoms with van der Waals surface area (Å²) in [5.74, 6) is -0.729. The largest absolute Gasteiger partial charge is 0.480 e. The van der Waals surface area contributed by atoms with Crippen molar-refractivity contribution >= 4 is 17.6 Å². The summed E-state index contributed by atoms with van der Waals surface area (Å²) in [5.41, 5.74) is 6.08. The van der Waals surface area contributed by atoms with E-state index in [0.717, 1.165) is 0 Å². The lowest BCUT2D eigenvalue weighted by Gasteiger charge is -2.10. The van der Waals surface area contributed by atoms with Gasteiger partial charge in [-0.2, -0.15) is 0 Å². The molecule has 6 nitrogen and oxygen atoms in total. The van der Waals surface area contributed by atoms with Crippen molar-refractivity contribution in [1.29, 1.82) is 0 Å². The van der Waals surface area contributed by atoms with Crippen molar-refractivity contribution in [1.82, 2.24) is 0 Å². The van der Waals surface area contributed by atoms with E-state index in [4.69, 9.17) is 15.2 Å². The van der Waals surface area contributed by atoms with Gasteiger partial charge in [0, 0.05) is 6.42 Å². The molecule has 0 radical (unpaired) electrons. The van der Waals surface area contributed by atoms with Crippen LogP contribution in [0.1, 0.15) is 6.42 Å². The first-order valence-corrected chi connectivity index (χ1v) is 5.50. The van der Waals surface area contributed by atoms with Gasteiger partial charge in [-0.15, -0.1) is 0 Å². The molecule has 1 aliphatic heterocycles. The van der Waals surface area contributed by atoms with Crippen LogP contribution in [0.25, 0.3) is 0 Å². The van der Waals surface area contributed by atoms with Crippen LogP contribution < -0.4 is 10.5 Å². The van der Waals surface area contributed by atoms with Crippen molar-refractivity contribution in [2.75, 3.05) is 18.9 Å². The third-order valence-electron chi connectivity index (χ3n) is 2.43. The number of hydrogen-bond acceptors (Lipinski definition) is 6. The van der Waals surface area contributed by atoms with Gasteiger partial charge >= 0.3 is 11.9 Å². The molecule has 96 valence electrons. The average molecular weight is 251 g/mol. The molecule has 1 atom stereocenters. The second kappa shape index (κ2) is 5.39. The summed E-state index contributed by atoms with van der Waals surface area (Å²) in [5, 5.41) is 0. The molecule has 0 aliphatic carbocycles. The SMILES string of the molecule is Nc1ccccc1OCC(=O)OC1CCOC1=O. The minimum absolute atomic E-state index is 0.281. The summed E-state index contributed by atoms with van der Waals surface area (Å²) in [7, 11) is 0. The first-order valence-electron chi connectivity index (χ1n) is 5.50. The maximum absolute atomic E-state index is 11.4. The Bertz CT molecular complexity index is 460. The lowest BCUT2D eigenvalue weighted by Crippen LogP contribution is -2.26. The molecule has 1 aromatic carbocycles. The second-order valence-electron chi connectivity index (χ2n) is 3.76. The van der Waals surface area contributed by atoms with Crippen LogP contribution in [0.15, 0.2) is 24.3 Å². The van der Waals surface area contributed by atoms with E-state index in [2.05, 4.69) is 4.74 Å². The zero-order valence-corrected chi connectivity index (χ0v) is 9.63. The fourth-order valence-corrected chi connectivity index (χ4v) is 1.53. The molecule has 1 unspecified atom stereocenters. The molecule has 18 heavy (non-hydrogen) atoms. The lowest BCUT2D eigenvalue weighted by atomic mass is 10.3. The van der Waals surface area contributed by atoms with Gasteiger partial charge < -0.3 is 19.9 Å². The third-order valence-corrected chi connectivity index (χ3v) is 2.43. The highest BCUT2D eigenvalue weighted by molar-refractivity contribution is 5.81. The highest BCUT2D eigenvalue weighted by Gasteiger charge is 2.30. The second-order valence-corrected chi connectivity index (χ2v) is 3.76. The Morgan fingerprint density at radius 1 is 1.44 bits per heavy atom.